The number of amides is 1. The molecule has 0 N–H and O–H groups in total. The molecule has 1 amide bonds. The number of nitrogens with zero attached hydrogens (tertiary/aromatic N) is 1. The van der Waals surface area contributed by atoms with Crippen molar-refractivity contribution in [2.75, 3.05) is 4.90 Å². The van der Waals surface area contributed by atoms with Crippen molar-refractivity contribution in [1.29, 1.82) is 0 Å². The molecule has 0 heterocycles. The third-order valence-corrected chi connectivity index (χ3v) is 4.76. The number of rotatable bonds is 3. The van der Waals surface area contributed by atoms with Gasteiger partial charge in [0.2, 0.25) is 0 Å². The van der Waals surface area contributed by atoms with Crippen molar-refractivity contribution in [3.8, 4) is 0 Å². The van der Waals surface area contributed by atoms with E-state index < -0.39 is 11.6 Å². The van der Waals surface area contributed by atoms with E-state index in [0.29, 0.717) is 10.6 Å². The van der Waals surface area contributed by atoms with Crippen LogP contribution in [0.3, 0.4) is 0 Å². The summed E-state index contributed by atoms with van der Waals surface area (Å²) in [5.41, 5.74) is 0.432. The molecule has 1 aliphatic rings. The van der Waals surface area contributed by atoms with E-state index >= 15 is 0 Å². The second-order valence-electron chi connectivity index (χ2n) is 6.04. The Bertz CT molecular complexity index is 750. The maximum atomic E-state index is 14.4. The van der Waals surface area contributed by atoms with Crippen LogP contribution in [0.15, 0.2) is 42.5 Å². The third kappa shape index (κ3) is 4.49. The molecule has 2 aromatic carbocycles. The van der Waals surface area contributed by atoms with E-state index in [0.717, 1.165) is 38.2 Å². The molecule has 0 aromatic heterocycles. The Labute approximate surface area is 166 Å². The average Bonchev–Trinajstić information content (AvgIpc) is 2.58. The van der Waals surface area contributed by atoms with Gasteiger partial charge >= 0.3 is 0 Å². The van der Waals surface area contributed by atoms with Gasteiger partial charge in [-0.15, -0.1) is 0 Å². The summed E-state index contributed by atoms with van der Waals surface area (Å²) in [4.78, 5) is 14.5. The van der Waals surface area contributed by atoms with Gasteiger partial charge in [0, 0.05) is 33.8 Å². The normalized spacial score (nSPS) is 14.7. The number of halogens is 3. The van der Waals surface area contributed by atoms with E-state index in [1.807, 2.05) is 0 Å². The van der Waals surface area contributed by atoms with E-state index in [1.54, 1.807) is 24.3 Å². The van der Waals surface area contributed by atoms with Crippen molar-refractivity contribution in [3.05, 3.63) is 64.7 Å². The Hall–Kier alpha value is -1.23. The molecule has 3 rings (SSSR count). The van der Waals surface area contributed by atoms with Gasteiger partial charge in [-0.3, -0.25) is 4.79 Å². The molecule has 0 saturated heterocycles. The Balaban J connectivity index is 0.00000225. The van der Waals surface area contributed by atoms with Gasteiger partial charge in [-0.25, -0.2) is 8.78 Å². The first-order valence-electron chi connectivity index (χ1n) is 8.11. The molecule has 25 heavy (non-hydrogen) atoms. The minimum Gasteiger partial charge on any atom is -0.302 e. The Morgan fingerprint density at radius 2 is 1.72 bits per heavy atom. The Morgan fingerprint density at radius 3 is 2.36 bits per heavy atom. The predicted molar refractivity (Wildman–Crippen MR) is 91.5 cm³/mol. The van der Waals surface area contributed by atoms with E-state index in [4.69, 9.17) is 11.6 Å². The number of carbonyl (C=O) groups is 1. The van der Waals surface area contributed by atoms with Gasteiger partial charge in [0.05, 0.1) is 16.3 Å². The molecular weight excluding hydrogens is 380 g/mol. The van der Waals surface area contributed by atoms with Gasteiger partial charge in [-0.1, -0.05) is 43.0 Å². The SMILES string of the molecule is O=C(c1ccccc1Cl)N(c1ccc(F)cc1F)C1CCCCC1.[Ti]. The second kappa shape index (κ2) is 8.93. The van der Waals surface area contributed by atoms with Gasteiger partial charge in [0.15, 0.2) is 0 Å². The molecule has 0 aliphatic heterocycles. The standard InChI is InChI=1S/C19H18ClF2NO.Ti/c20-16-9-5-4-8-15(16)19(24)23(14-6-2-1-3-7-14)18-11-10-13(21)12-17(18)22;/h4-5,8-12,14H,1-3,6-7H2;. The van der Waals surface area contributed by atoms with E-state index in [-0.39, 0.29) is 39.4 Å². The predicted octanol–water partition coefficient (Wildman–Crippen LogP) is 5.60. The summed E-state index contributed by atoms with van der Waals surface area (Å²) in [6.07, 6.45) is 4.68. The van der Waals surface area contributed by atoms with Crippen molar-refractivity contribution in [2.24, 2.45) is 0 Å². The van der Waals surface area contributed by atoms with E-state index in [1.165, 1.54) is 17.0 Å². The fourth-order valence-electron chi connectivity index (χ4n) is 3.25. The van der Waals surface area contributed by atoms with Gasteiger partial charge in [-0.05, 0) is 37.1 Å². The third-order valence-electron chi connectivity index (χ3n) is 4.43. The molecule has 130 valence electrons. The van der Waals surface area contributed by atoms with Gasteiger partial charge in [0.1, 0.15) is 11.6 Å². The van der Waals surface area contributed by atoms with Crippen molar-refractivity contribution >= 4 is 23.2 Å². The monoisotopic (exact) mass is 397 g/mol. The minimum absolute atomic E-state index is 0. The van der Waals surface area contributed by atoms with Crippen molar-refractivity contribution in [1.82, 2.24) is 0 Å². The van der Waals surface area contributed by atoms with Gasteiger partial charge < -0.3 is 4.90 Å². The fraction of sp³-hybridized carbons (Fsp3) is 0.316. The summed E-state index contributed by atoms with van der Waals surface area (Å²) in [5, 5.41) is 0.325. The molecule has 0 radical (unpaired) electrons. The van der Waals surface area contributed by atoms with Crippen LogP contribution < -0.4 is 4.90 Å². The number of carbonyl (C=O) groups excluding carboxylic acids is 1. The van der Waals surface area contributed by atoms with Crippen LogP contribution in [0.1, 0.15) is 42.5 Å². The smallest absolute Gasteiger partial charge is 0.260 e. The molecular formula is C19H18ClF2NOTi. The molecule has 2 aromatic rings. The quantitative estimate of drug-likeness (QED) is 0.618. The summed E-state index contributed by atoms with van der Waals surface area (Å²) < 4.78 is 27.6. The zero-order valence-electron chi connectivity index (χ0n) is 13.6. The molecule has 1 saturated carbocycles. The van der Waals surface area contributed by atoms with Crippen LogP contribution in [0.2, 0.25) is 5.02 Å². The first-order valence-corrected chi connectivity index (χ1v) is 8.49. The zero-order valence-corrected chi connectivity index (χ0v) is 16.0. The van der Waals surface area contributed by atoms with Crippen LogP contribution in [-0.2, 0) is 21.7 Å². The van der Waals surface area contributed by atoms with Crippen molar-refractivity contribution < 1.29 is 35.3 Å². The molecule has 1 aliphatic carbocycles. The Morgan fingerprint density at radius 1 is 1.04 bits per heavy atom. The Kier molecular flexibility index (Phi) is 7.18. The summed E-state index contributed by atoms with van der Waals surface area (Å²) in [5.74, 6) is -1.75. The summed E-state index contributed by atoms with van der Waals surface area (Å²) in [6.45, 7) is 0. The maximum absolute atomic E-state index is 14.4. The number of anilines is 1. The van der Waals surface area contributed by atoms with E-state index in [9.17, 15) is 13.6 Å². The molecule has 1 fully saturated rings. The topological polar surface area (TPSA) is 20.3 Å². The summed E-state index contributed by atoms with van der Waals surface area (Å²) in [6, 6.07) is 9.92. The number of hydrogen-bond donors (Lipinski definition) is 0. The molecule has 0 unspecified atom stereocenters. The summed E-state index contributed by atoms with van der Waals surface area (Å²) in [7, 11) is 0. The largest absolute Gasteiger partial charge is 0.302 e. The average molecular weight is 398 g/mol. The number of benzene rings is 2. The van der Waals surface area contributed by atoms with Crippen LogP contribution >= 0.6 is 11.6 Å². The van der Waals surface area contributed by atoms with Crippen LogP contribution in [0, 0.1) is 11.6 Å². The van der Waals surface area contributed by atoms with Gasteiger partial charge in [0.25, 0.3) is 5.91 Å². The van der Waals surface area contributed by atoms with Crippen LogP contribution in [0.4, 0.5) is 14.5 Å². The van der Waals surface area contributed by atoms with E-state index in [2.05, 4.69) is 0 Å². The maximum Gasteiger partial charge on any atom is 0.260 e. The van der Waals surface area contributed by atoms with Gasteiger partial charge in [-0.2, -0.15) is 0 Å². The van der Waals surface area contributed by atoms with Crippen molar-refractivity contribution in [2.45, 2.75) is 38.1 Å². The zero-order chi connectivity index (χ0) is 17.1. The molecule has 0 spiro atoms. The molecule has 0 bridgehead atoms. The number of hydrogen-bond acceptors (Lipinski definition) is 1. The molecule has 6 heteroatoms. The minimum atomic E-state index is -0.735. The summed E-state index contributed by atoms with van der Waals surface area (Å²) >= 11 is 6.15. The molecule has 2 nitrogen and oxygen atoms in total. The molecule has 0 atom stereocenters. The fourth-order valence-corrected chi connectivity index (χ4v) is 3.47. The first-order chi connectivity index (χ1) is 11.6. The second-order valence-corrected chi connectivity index (χ2v) is 6.45. The van der Waals surface area contributed by atoms with Crippen LogP contribution in [-0.4, -0.2) is 11.9 Å². The first kappa shape index (κ1) is 20.1. The van der Waals surface area contributed by atoms with Crippen LogP contribution in [0.5, 0.6) is 0 Å². The van der Waals surface area contributed by atoms with Crippen LogP contribution in [0.25, 0.3) is 0 Å². The van der Waals surface area contributed by atoms with Crippen molar-refractivity contribution in [3.63, 3.8) is 0 Å².